The van der Waals surface area contributed by atoms with E-state index in [0.717, 1.165) is 35.6 Å². The number of anilines is 1. The molecule has 0 radical (unpaired) electrons. The molecule has 1 aliphatic heterocycles. The molecule has 2 unspecified atom stereocenters. The van der Waals surface area contributed by atoms with Gasteiger partial charge in [-0.2, -0.15) is 0 Å². The molecule has 0 bridgehead atoms. The molecule has 3 N–H and O–H groups in total. The number of ether oxygens (including phenoxy) is 1. The number of carboxylic acid groups (broad SMARTS) is 2. The Kier molecular flexibility index (Phi) is 14.8. The molecule has 2 heterocycles. The van der Waals surface area contributed by atoms with E-state index in [1.165, 1.54) is 30.8 Å². The normalized spacial score (nSPS) is 20.1. The quantitative estimate of drug-likeness (QED) is 0.0837. The van der Waals surface area contributed by atoms with Gasteiger partial charge in [0.05, 0.1) is 17.2 Å². The number of rotatable bonds is 12. The number of carboxylic acids is 2. The van der Waals surface area contributed by atoms with E-state index >= 15 is 0 Å². The largest absolute Gasteiger partial charge is 0.545 e. The fourth-order valence-electron chi connectivity index (χ4n) is 7.44. The summed E-state index contributed by atoms with van der Waals surface area (Å²) in [7, 11) is 0. The fourth-order valence-corrected chi connectivity index (χ4v) is 8.38. The summed E-state index contributed by atoms with van der Waals surface area (Å²) in [5.74, 6) is -2.38. The van der Waals surface area contributed by atoms with E-state index in [1.54, 1.807) is 6.92 Å². The third kappa shape index (κ3) is 10.1. The average Bonchev–Trinajstić information content (AvgIpc) is 3.58. The molecule has 1 aliphatic carbocycles. The number of aromatic carboxylic acids is 2. The molecule has 14 heteroatoms. The zero-order chi connectivity index (χ0) is 40.1. The van der Waals surface area contributed by atoms with Crippen LogP contribution in [-0.2, 0) is 38.6 Å². The third-order valence-electron chi connectivity index (χ3n) is 10.1. The maximum Gasteiger partial charge on any atom is 0.342 e. The first-order chi connectivity index (χ1) is 26.0. The van der Waals surface area contributed by atoms with Gasteiger partial charge in [0.25, 0.3) is 0 Å². The number of benzene rings is 2. The standard InChI is InChI=1S/C42H48N4O8S.Zn/c1-21-16-22(2)37(23(3)17-21)54-42(53)33-26(6)36(34(28-12-9-8-10-13-28)35-24(4)25(5)38(45-35)43-27(7)47)46-39(33)44-32(48)14-11-15-55-31-19-29(40(49)50)18-30(20-31)41(51)52;/h8-10,12-13,18-23,37H,11,14-17H2,1-7H3,(H5,43,44,45,46,47,48,49,50,51,52,53);/p-2. The third-order valence-corrected chi connectivity index (χ3v) is 11.2. The molecule has 1 saturated carbocycles. The van der Waals surface area contributed by atoms with Gasteiger partial charge < -0.3 is 35.4 Å². The van der Waals surface area contributed by atoms with Crippen LogP contribution < -0.4 is 20.7 Å². The second kappa shape index (κ2) is 18.9. The number of thioether (sulfide) groups is 1. The van der Waals surface area contributed by atoms with Crippen molar-refractivity contribution in [3.63, 3.8) is 0 Å². The minimum atomic E-state index is -1.49. The Balaban J connectivity index is 0.00000696. The van der Waals surface area contributed by atoms with Crippen LogP contribution in [0.15, 0.2) is 75.3 Å². The predicted octanol–water partition coefficient (Wildman–Crippen LogP) is 6.07. The molecule has 292 valence electrons. The van der Waals surface area contributed by atoms with E-state index in [1.807, 2.05) is 44.2 Å². The van der Waals surface area contributed by atoms with Gasteiger partial charge in [-0.05, 0) is 122 Å². The van der Waals surface area contributed by atoms with Crippen LogP contribution in [0.5, 0.6) is 0 Å². The molecule has 2 aromatic carbocycles. The zero-order valence-electron chi connectivity index (χ0n) is 32.8. The Morgan fingerprint density at radius 1 is 0.929 bits per heavy atom. The van der Waals surface area contributed by atoms with E-state index < -0.39 is 23.8 Å². The van der Waals surface area contributed by atoms with Crippen molar-refractivity contribution >= 4 is 58.7 Å². The monoisotopic (exact) mass is 830 g/mol. The van der Waals surface area contributed by atoms with Gasteiger partial charge >= 0.3 is 11.9 Å². The first kappa shape index (κ1) is 43.9. The number of aromatic nitrogens is 1. The van der Waals surface area contributed by atoms with Crippen LogP contribution in [0, 0.1) is 31.6 Å². The van der Waals surface area contributed by atoms with Crippen molar-refractivity contribution in [2.75, 3.05) is 11.1 Å². The molecule has 1 fully saturated rings. The van der Waals surface area contributed by atoms with Gasteiger partial charge in [-0.3, -0.25) is 9.59 Å². The van der Waals surface area contributed by atoms with Gasteiger partial charge in [-0.25, -0.2) is 14.6 Å². The molecule has 2 aliphatic rings. The molecule has 56 heavy (non-hydrogen) atoms. The first-order valence-electron chi connectivity index (χ1n) is 18.3. The van der Waals surface area contributed by atoms with Crippen molar-refractivity contribution < 1.29 is 58.4 Å². The molecular formula is C42H46N4O8SZn-2. The number of nitrogens with one attached hydrogen (secondary N) is 2. The number of allylic oxidation sites excluding steroid dienone is 1. The van der Waals surface area contributed by atoms with E-state index in [0.29, 0.717) is 51.3 Å². The summed E-state index contributed by atoms with van der Waals surface area (Å²) in [5.41, 5.74) is 4.21. The molecule has 1 aromatic heterocycles. The molecule has 0 spiro atoms. The second-order valence-electron chi connectivity index (χ2n) is 14.5. The number of carbonyl (C=O) groups is 5. The zero-order valence-corrected chi connectivity index (χ0v) is 36.6. The Bertz CT molecular complexity index is 2080. The van der Waals surface area contributed by atoms with Gasteiger partial charge in [0.1, 0.15) is 23.4 Å². The molecule has 3 aromatic rings. The smallest absolute Gasteiger partial charge is 0.342 e. The molecule has 2 amide bonds. The number of amidine groups is 1. The summed E-state index contributed by atoms with van der Waals surface area (Å²) in [6, 6.07) is 13.2. The minimum Gasteiger partial charge on any atom is -0.545 e. The van der Waals surface area contributed by atoms with Crippen LogP contribution in [0.4, 0.5) is 5.82 Å². The first-order valence-corrected chi connectivity index (χ1v) is 19.3. The summed E-state index contributed by atoms with van der Waals surface area (Å²) >= 11 is 1.21. The van der Waals surface area contributed by atoms with Gasteiger partial charge in [0.15, 0.2) is 0 Å². The summed E-state index contributed by atoms with van der Waals surface area (Å²) in [6.07, 6.45) is 1.90. The van der Waals surface area contributed by atoms with Crippen molar-refractivity contribution in [1.82, 2.24) is 10.3 Å². The summed E-state index contributed by atoms with van der Waals surface area (Å²) < 4.78 is 6.25. The molecule has 2 atom stereocenters. The van der Waals surface area contributed by atoms with Crippen molar-refractivity contribution in [3.05, 3.63) is 98.9 Å². The topological polar surface area (TPSA) is 188 Å². The van der Waals surface area contributed by atoms with Gasteiger partial charge in [-0.1, -0.05) is 56.9 Å². The summed E-state index contributed by atoms with van der Waals surface area (Å²) in [4.78, 5) is 72.9. The van der Waals surface area contributed by atoms with Crippen molar-refractivity contribution in [3.8, 4) is 0 Å². The van der Waals surface area contributed by atoms with Gasteiger partial charge in [0.2, 0.25) is 5.91 Å². The van der Waals surface area contributed by atoms with Crippen LogP contribution >= 0.6 is 11.8 Å². The van der Waals surface area contributed by atoms with Crippen LogP contribution in [0.2, 0.25) is 0 Å². The van der Waals surface area contributed by atoms with Crippen LogP contribution in [0.1, 0.15) is 103 Å². The van der Waals surface area contributed by atoms with E-state index in [2.05, 4.69) is 31.4 Å². The van der Waals surface area contributed by atoms with Crippen molar-refractivity contribution in [2.45, 2.75) is 85.1 Å². The SMILES string of the molecule is CC(=O)Nc1[n-]c(/C(=C2\N=C(NC(=O)CCCSc3cc(C(=O)[O-])cc(C(=O)O)c3)C(C(=O)OC3C(C)CC(C)CC3C)=C2C)c2ccccc2)c(C)c1C.[Zn]. The Morgan fingerprint density at radius 3 is 2.18 bits per heavy atom. The van der Waals surface area contributed by atoms with Crippen LogP contribution in [-0.4, -0.2) is 52.5 Å². The predicted molar refractivity (Wildman–Crippen MR) is 209 cm³/mol. The van der Waals surface area contributed by atoms with Crippen LogP contribution in [0.3, 0.4) is 0 Å². The fraction of sp³-hybridized carbons (Fsp3) is 0.381. The Hall–Kier alpha value is -4.81. The maximum absolute atomic E-state index is 14.3. The van der Waals surface area contributed by atoms with E-state index in [9.17, 15) is 34.2 Å². The number of hydrogen-bond acceptors (Lipinski definition) is 9. The summed E-state index contributed by atoms with van der Waals surface area (Å²) in [5, 5.41) is 26.5. The van der Waals surface area contributed by atoms with Crippen molar-refractivity contribution in [1.29, 1.82) is 0 Å². The number of esters is 1. The van der Waals surface area contributed by atoms with E-state index in [-0.39, 0.29) is 72.3 Å². The maximum atomic E-state index is 14.3. The summed E-state index contributed by atoms with van der Waals surface area (Å²) in [6.45, 7) is 13.3. The number of carbonyl (C=O) groups excluding carboxylic acids is 4. The molecule has 5 rings (SSSR count). The number of amides is 2. The van der Waals surface area contributed by atoms with Gasteiger partial charge in [0, 0.05) is 36.4 Å². The Morgan fingerprint density at radius 2 is 1.57 bits per heavy atom. The Labute approximate surface area is 343 Å². The molecular weight excluding hydrogens is 786 g/mol. The van der Waals surface area contributed by atoms with Gasteiger partial charge in [-0.15, -0.1) is 11.8 Å². The number of hydrogen-bond donors (Lipinski definition) is 3. The van der Waals surface area contributed by atoms with Crippen LogP contribution in [0.25, 0.3) is 5.57 Å². The number of nitrogens with zero attached hydrogens (tertiary/aromatic N) is 2. The van der Waals surface area contributed by atoms with Crippen molar-refractivity contribution in [2.24, 2.45) is 22.7 Å². The minimum absolute atomic E-state index is 0. The second-order valence-corrected chi connectivity index (χ2v) is 15.7. The number of aliphatic imine (C=N–C) groups is 1. The average molecular weight is 832 g/mol. The molecule has 12 nitrogen and oxygen atoms in total. The molecule has 0 saturated heterocycles. The van der Waals surface area contributed by atoms with E-state index in [4.69, 9.17) is 14.7 Å².